The minimum absolute atomic E-state index is 0.0330. The molecule has 0 unspecified atom stereocenters. The molecule has 202 valence electrons. The number of amides is 2. The molecule has 1 heterocycles. The average molecular weight is 575 g/mol. The minimum atomic E-state index is -4.86. The Hall–Kier alpha value is -2.65. The Bertz CT molecular complexity index is 1100. The van der Waals surface area contributed by atoms with Gasteiger partial charge in [-0.05, 0) is 55.8 Å². The van der Waals surface area contributed by atoms with Crippen molar-refractivity contribution in [3.8, 4) is 0 Å². The Morgan fingerprint density at radius 1 is 1.11 bits per heavy atom. The molecule has 1 aliphatic rings. The van der Waals surface area contributed by atoms with Gasteiger partial charge in [-0.25, -0.2) is 14.4 Å². The maximum atomic E-state index is 14.1. The van der Waals surface area contributed by atoms with E-state index in [0.717, 1.165) is 43.0 Å². The summed E-state index contributed by atoms with van der Waals surface area (Å²) in [7, 11) is 0. The molecule has 0 spiro atoms. The first-order chi connectivity index (χ1) is 17.1. The highest BCUT2D eigenvalue weighted by Crippen LogP contribution is 2.40. The first kappa shape index (κ1) is 28.9. The van der Waals surface area contributed by atoms with Crippen LogP contribution in [0.3, 0.4) is 0 Å². The number of anilines is 1. The molecule has 1 aromatic heterocycles. The summed E-state index contributed by atoms with van der Waals surface area (Å²) in [4.78, 5) is 34.4. The molecule has 3 rings (SSSR count). The van der Waals surface area contributed by atoms with Crippen LogP contribution in [0, 0.1) is 0 Å². The normalized spacial score (nSPS) is 20.4. The molecule has 0 radical (unpaired) electrons. The number of hydrogen-bond acceptors (Lipinski definition) is 6. The second kappa shape index (κ2) is 11.0. The van der Waals surface area contributed by atoms with Crippen LogP contribution in [0.1, 0.15) is 25.3 Å². The summed E-state index contributed by atoms with van der Waals surface area (Å²) in [6.45, 7) is 1.19. The zero-order chi connectivity index (χ0) is 27.6. The van der Waals surface area contributed by atoms with Crippen LogP contribution in [-0.4, -0.2) is 51.4 Å². The molecule has 1 fully saturated rings. The maximum Gasteiger partial charge on any atom is 0.522 e. The van der Waals surface area contributed by atoms with Gasteiger partial charge in [0, 0.05) is 34.6 Å². The predicted octanol–water partition coefficient (Wildman–Crippen LogP) is 5.05. The highest BCUT2D eigenvalue weighted by Gasteiger charge is 2.49. The van der Waals surface area contributed by atoms with E-state index in [9.17, 15) is 40.3 Å². The number of halogens is 8. The van der Waals surface area contributed by atoms with Crippen molar-refractivity contribution in [1.82, 2.24) is 15.3 Å². The van der Waals surface area contributed by atoms with E-state index in [0.29, 0.717) is 4.90 Å². The summed E-state index contributed by atoms with van der Waals surface area (Å²) in [5, 5.41) is 2.50. The highest BCUT2D eigenvalue weighted by molar-refractivity contribution is 8.00. The lowest BCUT2D eigenvalue weighted by Gasteiger charge is -2.43. The number of nitrogens with one attached hydrogen (secondary N) is 1. The average Bonchev–Trinajstić information content (AvgIpc) is 2.77. The lowest BCUT2D eigenvalue weighted by molar-refractivity contribution is -0.351. The van der Waals surface area contributed by atoms with Crippen LogP contribution in [0.25, 0.3) is 0 Å². The van der Waals surface area contributed by atoms with Gasteiger partial charge in [-0.1, -0.05) is 11.6 Å². The molecule has 0 aliphatic heterocycles. The molecule has 1 N–H and O–H groups in total. The van der Waals surface area contributed by atoms with Gasteiger partial charge in [-0.3, -0.25) is 19.2 Å². The van der Waals surface area contributed by atoms with E-state index in [1.807, 2.05) is 0 Å². The van der Waals surface area contributed by atoms with Gasteiger partial charge < -0.3 is 5.32 Å². The number of nitrogens with zero attached hydrogens (tertiary/aromatic N) is 3. The number of aromatic nitrogens is 2. The predicted molar refractivity (Wildman–Crippen MR) is 118 cm³/mol. The number of carbonyl (C=O) groups is 2. The summed E-state index contributed by atoms with van der Waals surface area (Å²) >= 11 is 4.99. The Kier molecular flexibility index (Phi) is 8.59. The highest BCUT2D eigenvalue weighted by atomic mass is 35.5. The Morgan fingerprint density at radius 3 is 2.16 bits per heavy atom. The SMILES string of the molecule is C[C@](C(=O)NC1CC(OC(F)(F)F)C1)(c1cncnc1)N(C(=O)[C@H](F)Cl)c1ccc(SC(F)(F)F)cc1. The Labute approximate surface area is 214 Å². The van der Waals surface area contributed by atoms with Crippen molar-refractivity contribution in [3.05, 3.63) is 48.5 Å². The molecule has 0 bridgehead atoms. The van der Waals surface area contributed by atoms with Crippen LogP contribution in [0.5, 0.6) is 0 Å². The van der Waals surface area contributed by atoms with Gasteiger partial charge in [0.05, 0.1) is 6.10 Å². The smallest absolute Gasteiger partial charge is 0.351 e. The summed E-state index contributed by atoms with van der Waals surface area (Å²) in [5.74, 6) is -2.37. The molecule has 1 aromatic carbocycles. The summed E-state index contributed by atoms with van der Waals surface area (Å²) in [5.41, 5.74) is -9.59. The van der Waals surface area contributed by atoms with Gasteiger partial charge in [0.15, 0.2) is 5.54 Å². The minimum Gasteiger partial charge on any atom is -0.351 e. The number of thioether (sulfide) groups is 1. The van der Waals surface area contributed by atoms with Crippen molar-refractivity contribution in [3.63, 3.8) is 0 Å². The van der Waals surface area contributed by atoms with E-state index in [2.05, 4.69) is 20.0 Å². The molecule has 0 saturated heterocycles. The fraction of sp³-hybridized carbons (Fsp3) is 0.429. The number of hydrogen-bond donors (Lipinski definition) is 1. The fourth-order valence-corrected chi connectivity index (χ4v) is 4.34. The quantitative estimate of drug-likeness (QED) is 0.270. The van der Waals surface area contributed by atoms with Crippen molar-refractivity contribution >= 4 is 40.9 Å². The molecule has 37 heavy (non-hydrogen) atoms. The van der Waals surface area contributed by atoms with Crippen LogP contribution >= 0.6 is 23.4 Å². The van der Waals surface area contributed by atoms with Crippen molar-refractivity contribution in [2.75, 3.05) is 4.90 Å². The summed E-state index contributed by atoms with van der Waals surface area (Å²) in [6.07, 6.45) is -3.01. The Balaban J connectivity index is 1.97. The summed E-state index contributed by atoms with van der Waals surface area (Å²) < 4.78 is 93.5. The van der Waals surface area contributed by atoms with Crippen LogP contribution in [0.15, 0.2) is 47.9 Å². The third-order valence-electron chi connectivity index (χ3n) is 5.48. The van der Waals surface area contributed by atoms with Crippen LogP contribution < -0.4 is 10.2 Å². The van der Waals surface area contributed by atoms with E-state index >= 15 is 0 Å². The van der Waals surface area contributed by atoms with E-state index < -0.39 is 58.8 Å². The first-order valence-corrected chi connectivity index (χ1v) is 11.6. The molecule has 2 aromatic rings. The lowest BCUT2D eigenvalue weighted by atomic mass is 9.85. The van der Waals surface area contributed by atoms with Crippen LogP contribution in [0.2, 0.25) is 0 Å². The maximum absolute atomic E-state index is 14.1. The van der Waals surface area contributed by atoms with E-state index in [1.165, 1.54) is 6.92 Å². The molecule has 1 saturated carbocycles. The molecule has 7 nitrogen and oxygen atoms in total. The number of rotatable bonds is 8. The van der Waals surface area contributed by atoms with Crippen molar-refractivity contribution in [2.45, 2.75) is 59.8 Å². The first-order valence-electron chi connectivity index (χ1n) is 10.4. The molecule has 1 aliphatic carbocycles. The molecule has 2 atom stereocenters. The standard InChI is InChI=1S/C21H18ClF7N4O3S/c1-19(11-8-30-10-31-9-11,18(35)32-12-6-14(7-12)36-20(24,25)26)33(17(34)16(22)23)13-2-4-15(5-3-13)37-21(27,28)29/h2-5,8-10,12,14,16H,6-7H2,1H3,(H,32,35)/t12?,14?,16-,19+/m0/s1. The van der Waals surface area contributed by atoms with Crippen molar-refractivity contribution < 1.29 is 45.1 Å². The van der Waals surface area contributed by atoms with Crippen LogP contribution in [0.4, 0.5) is 36.4 Å². The molecular weight excluding hydrogens is 557 g/mol. The fourth-order valence-electron chi connectivity index (χ4n) is 3.71. The van der Waals surface area contributed by atoms with Crippen LogP contribution in [-0.2, 0) is 19.9 Å². The monoisotopic (exact) mass is 574 g/mol. The van der Waals surface area contributed by atoms with E-state index in [1.54, 1.807) is 0 Å². The number of carbonyl (C=O) groups excluding carboxylic acids is 2. The summed E-state index contributed by atoms with van der Waals surface area (Å²) in [6, 6.07) is 3.39. The third kappa shape index (κ3) is 7.23. The Morgan fingerprint density at radius 2 is 1.68 bits per heavy atom. The molecular formula is C21H18ClF7N4O3S. The second-order valence-electron chi connectivity index (χ2n) is 8.04. The number of ether oxygens (including phenoxy) is 1. The van der Waals surface area contributed by atoms with Gasteiger partial charge in [0.2, 0.25) is 0 Å². The second-order valence-corrected chi connectivity index (χ2v) is 9.56. The van der Waals surface area contributed by atoms with E-state index in [4.69, 9.17) is 11.6 Å². The molecule has 16 heteroatoms. The van der Waals surface area contributed by atoms with Gasteiger partial charge >= 0.3 is 11.9 Å². The number of alkyl halides is 8. The lowest BCUT2D eigenvalue weighted by Crippen LogP contribution is -2.61. The third-order valence-corrected chi connectivity index (χ3v) is 6.40. The zero-order valence-electron chi connectivity index (χ0n) is 18.7. The van der Waals surface area contributed by atoms with Gasteiger partial charge in [-0.2, -0.15) is 13.2 Å². The zero-order valence-corrected chi connectivity index (χ0v) is 20.3. The van der Waals surface area contributed by atoms with Crippen molar-refractivity contribution in [1.29, 1.82) is 0 Å². The topological polar surface area (TPSA) is 84.4 Å². The van der Waals surface area contributed by atoms with Gasteiger partial charge in [0.1, 0.15) is 6.33 Å². The van der Waals surface area contributed by atoms with Gasteiger partial charge in [0.25, 0.3) is 17.4 Å². The van der Waals surface area contributed by atoms with Gasteiger partial charge in [-0.15, -0.1) is 13.2 Å². The van der Waals surface area contributed by atoms with Crippen molar-refractivity contribution in [2.24, 2.45) is 0 Å². The number of benzene rings is 1. The molecule has 2 amide bonds. The van der Waals surface area contributed by atoms with E-state index in [-0.39, 0.29) is 29.0 Å². The largest absolute Gasteiger partial charge is 0.522 e.